The number of halogens is 2. The summed E-state index contributed by atoms with van der Waals surface area (Å²) in [4.78, 5) is 26.8. The summed E-state index contributed by atoms with van der Waals surface area (Å²) < 4.78 is 30.2. The van der Waals surface area contributed by atoms with Crippen molar-refractivity contribution in [2.75, 3.05) is 17.7 Å². The molecule has 2 aromatic rings. The molecule has 0 radical (unpaired) electrons. The molecule has 2 amide bonds. The van der Waals surface area contributed by atoms with Crippen molar-refractivity contribution in [3.63, 3.8) is 0 Å². The van der Waals surface area contributed by atoms with E-state index in [1.807, 2.05) is 0 Å². The van der Waals surface area contributed by atoms with Crippen LogP contribution in [0.4, 0.5) is 24.4 Å². The molecule has 0 bridgehead atoms. The first-order valence-corrected chi connectivity index (χ1v) is 6.90. The SMILES string of the molecule is COC(=O)Nc1nc(CC(=O)Nc2ccc(F)c(F)c2)cs1. The Morgan fingerprint density at radius 1 is 1.27 bits per heavy atom. The molecule has 0 saturated carbocycles. The monoisotopic (exact) mass is 327 g/mol. The zero-order valence-corrected chi connectivity index (χ0v) is 12.2. The minimum atomic E-state index is -1.05. The lowest BCUT2D eigenvalue weighted by Crippen LogP contribution is -2.15. The first kappa shape index (κ1) is 15.8. The van der Waals surface area contributed by atoms with Crippen molar-refractivity contribution >= 4 is 34.2 Å². The second-order valence-corrected chi connectivity index (χ2v) is 4.97. The summed E-state index contributed by atoms with van der Waals surface area (Å²) in [5.41, 5.74) is 0.573. The van der Waals surface area contributed by atoms with Crippen LogP contribution in [0.25, 0.3) is 0 Å². The zero-order valence-electron chi connectivity index (χ0n) is 11.4. The maximum atomic E-state index is 13.0. The van der Waals surface area contributed by atoms with Gasteiger partial charge in [0.1, 0.15) is 0 Å². The third-order valence-electron chi connectivity index (χ3n) is 2.49. The number of benzene rings is 1. The highest BCUT2D eigenvalue weighted by Crippen LogP contribution is 2.17. The summed E-state index contributed by atoms with van der Waals surface area (Å²) in [5.74, 6) is -2.48. The third kappa shape index (κ3) is 4.22. The van der Waals surface area contributed by atoms with Gasteiger partial charge < -0.3 is 10.1 Å². The Kier molecular flexibility index (Phi) is 4.99. The fourth-order valence-corrected chi connectivity index (χ4v) is 2.22. The second kappa shape index (κ2) is 6.94. The summed E-state index contributed by atoms with van der Waals surface area (Å²) in [5, 5.41) is 6.69. The summed E-state index contributed by atoms with van der Waals surface area (Å²) in [7, 11) is 1.22. The number of anilines is 2. The van der Waals surface area contributed by atoms with Crippen LogP contribution < -0.4 is 10.6 Å². The van der Waals surface area contributed by atoms with E-state index in [0.717, 1.165) is 23.5 Å². The van der Waals surface area contributed by atoms with E-state index in [-0.39, 0.29) is 12.1 Å². The van der Waals surface area contributed by atoms with Crippen LogP contribution in [0.15, 0.2) is 23.6 Å². The third-order valence-corrected chi connectivity index (χ3v) is 3.30. The van der Waals surface area contributed by atoms with Crippen molar-refractivity contribution in [3.05, 3.63) is 40.9 Å². The van der Waals surface area contributed by atoms with Crippen molar-refractivity contribution in [2.45, 2.75) is 6.42 Å². The normalized spacial score (nSPS) is 10.1. The molecule has 0 aliphatic rings. The van der Waals surface area contributed by atoms with Crippen LogP contribution in [-0.2, 0) is 16.0 Å². The summed E-state index contributed by atoms with van der Waals surface area (Å²) in [6.07, 6.45) is -0.731. The number of amides is 2. The molecule has 116 valence electrons. The minimum Gasteiger partial charge on any atom is -0.453 e. The molecule has 0 atom stereocenters. The van der Waals surface area contributed by atoms with E-state index in [2.05, 4.69) is 20.4 Å². The van der Waals surface area contributed by atoms with E-state index in [1.54, 1.807) is 5.38 Å². The van der Waals surface area contributed by atoms with Gasteiger partial charge in [-0.1, -0.05) is 0 Å². The molecule has 2 rings (SSSR count). The number of rotatable bonds is 4. The van der Waals surface area contributed by atoms with Crippen LogP contribution in [0.1, 0.15) is 5.69 Å². The maximum Gasteiger partial charge on any atom is 0.413 e. The molecular formula is C13H11F2N3O3S. The lowest BCUT2D eigenvalue weighted by Gasteiger charge is -2.04. The number of hydrogen-bond acceptors (Lipinski definition) is 5. The molecule has 6 nitrogen and oxygen atoms in total. The molecule has 0 fully saturated rings. The van der Waals surface area contributed by atoms with Gasteiger partial charge in [0, 0.05) is 17.1 Å². The summed E-state index contributed by atoms with van der Waals surface area (Å²) >= 11 is 1.13. The van der Waals surface area contributed by atoms with Crippen LogP contribution in [0.2, 0.25) is 0 Å². The quantitative estimate of drug-likeness (QED) is 0.905. The Hall–Kier alpha value is -2.55. The van der Waals surface area contributed by atoms with Gasteiger partial charge in [0.2, 0.25) is 5.91 Å². The van der Waals surface area contributed by atoms with Gasteiger partial charge >= 0.3 is 6.09 Å². The first-order chi connectivity index (χ1) is 10.5. The van der Waals surface area contributed by atoms with Gasteiger partial charge in [-0.15, -0.1) is 11.3 Å². The highest BCUT2D eigenvalue weighted by Gasteiger charge is 2.11. The molecule has 1 aromatic carbocycles. The molecule has 0 aliphatic carbocycles. The Labute approximate surface area is 128 Å². The number of thiazole rings is 1. The van der Waals surface area contributed by atoms with E-state index < -0.39 is 23.6 Å². The number of ether oxygens (including phenoxy) is 1. The van der Waals surface area contributed by atoms with Crippen LogP contribution in [0.3, 0.4) is 0 Å². The first-order valence-electron chi connectivity index (χ1n) is 6.02. The van der Waals surface area contributed by atoms with Crippen molar-refractivity contribution in [2.24, 2.45) is 0 Å². The van der Waals surface area contributed by atoms with Crippen molar-refractivity contribution in [1.29, 1.82) is 0 Å². The predicted molar refractivity (Wildman–Crippen MR) is 76.8 cm³/mol. The van der Waals surface area contributed by atoms with Gasteiger partial charge in [0.05, 0.1) is 19.2 Å². The molecule has 0 saturated heterocycles. The van der Waals surface area contributed by atoms with Gasteiger partial charge in [-0.25, -0.2) is 18.6 Å². The molecule has 0 unspecified atom stereocenters. The molecule has 1 heterocycles. The van der Waals surface area contributed by atoms with Gasteiger partial charge in [-0.05, 0) is 12.1 Å². The van der Waals surface area contributed by atoms with Crippen LogP contribution >= 0.6 is 11.3 Å². The molecule has 0 aliphatic heterocycles. The highest BCUT2D eigenvalue weighted by atomic mass is 32.1. The van der Waals surface area contributed by atoms with Crippen LogP contribution in [0, 0.1) is 11.6 Å². The number of carbonyl (C=O) groups is 2. The van der Waals surface area contributed by atoms with Crippen molar-refractivity contribution < 1.29 is 23.1 Å². The summed E-state index contributed by atoms with van der Waals surface area (Å²) in [6, 6.07) is 3.06. The molecule has 22 heavy (non-hydrogen) atoms. The fraction of sp³-hybridized carbons (Fsp3) is 0.154. The largest absolute Gasteiger partial charge is 0.453 e. The molecular weight excluding hydrogens is 316 g/mol. The standard InChI is InChI=1S/C13H11F2N3O3S/c1-21-13(20)18-12-17-8(6-22-12)5-11(19)16-7-2-3-9(14)10(15)4-7/h2-4,6H,5H2,1H3,(H,16,19)(H,17,18,20). The summed E-state index contributed by atoms with van der Waals surface area (Å²) in [6.45, 7) is 0. The number of methoxy groups -OCH3 is 1. The van der Waals surface area contributed by atoms with Gasteiger partial charge in [-0.3, -0.25) is 10.1 Å². The van der Waals surface area contributed by atoms with E-state index in [9.17, 15) is 18.4 Å². The fourth-order valence-electron chi connectivity index (χ4n) is 1.53. The number of nitrogens with one attached hydrogen (secondary N) is 2. The van der Waals surface area contributed by atoms with Crippen LogP contribution in [-0.4, -0.2) is 24.1 Å². The number of aromatic nitrogens is 1. The maximum absolute atomic E-state index is 13.0. The Bertz CT molecular complexity index is 706. The van der Waals surface area contributed by atoms with Crippen molar-refractivity contribution in [3.8, 4) is 0 Å². The lowest BCUT2D eigenvalue weighted by atomic mass is 10.2. The average molecular weight is 327 g/mol. The topological polar surface area (TPSA) is 80.3 Å². The molecule has 2 N–H and O–H groups in total. The zero-order chi connectivity index (χ0) is 16.1. The minimum absolute atomic E-state index is 0.0711. The van der Waals surface area contributed by atoms with Crippen molar-refractivity contribution in [1.82, 2.24) is 4.98 Å². The highest BCUT2D eigenvalue weighted by molar-refractivity contribution is 7.13. The number of nitrogens with zero attached hydrogens (tertiary/aromatic N) is 1. The van der Waals surface area contributed by atoms with E-state index in [1.165, 1.54) is 13.2 Å². The van der Waals surface area contributed by atoms with Gasteiger partial charge in [0.15, 0.2) is 16.8 Å². The second-order valence-electron chi connectivity index (χ2n) is 4.11. The lowest BCUT2D eigenvalue weighted by molar-refractivity contribution is -0.115. The van der Waals surface area contributed by atoms with E-state index in [4.69, 9.17) is 0 Å². The van der Waals surface area contributed by atoms with Gasteiger partial charge in [-0.2, -0.15) is 0 Å². The Balaban J connectivity index is 1.94. The predicted octanol–water partition coefficient (Wildman–Crippen LogP) is 2.78. The molecule has 9 heteroatoms. The number of carbonyl (C=O) groups excluding carboxylic acids is 2. The van der Waals surface area contributed by atoms with E-state index in [0.29, 0.717) is 10.8 Å². The number of hydrogen-bond donors (Lipinski definition) is 2. The van der Waals surface area contributed by atoms with Gasteiger partial charge in [0.25, 0.3) is 0 Å². The van der Waals surface area contributed by atoms with E-state index >= 15 is 0 Å². The Morgan fingerprint density at radius 2 is 2.05 bits per heavy atom. The molecule has 1 aromatic heterocycles. The van der Waals surface area contributed by atoms with Crippen LogP contribution in [0.5, 0.6) is 0 Å². The average Bonchev–Trinajstić information content (AvgIpc) is 2.89. The smallest absolute Gasteiger partial charge is 0.413 e. The Morgan fingerprint density at radius 3 is 2.73 bits per heavy atom. The molecule has 0 spiro atoms.